The topological polar surface area (TPSA) is 116 Å². The predicted molar refractivity (Wildman–Crippen MR) is 71.3 cm³/mol. The van der Waals surface area contributed by atoms with E-state index in [0.717, 1.165) is 17.7 Å². The molecule has 3 N–H and O–H groups in total. The zero-order valence-electron chi connectivity index (χ0n) is 11.8. The third kappa shape index (κ3) is 2.98. The van der Waals surface area contributed by atoms with Crippen molar-refractivity contribution in [1.82, 2.24) is 15.5 Å². The van der Waals surface area contributed by atoms with Crippen LogP contribution in [0.5, 0.6) is 0 Å². The summed E-state index contributed by atoms with van der Waals surface area (Å²) in [6, 6.07) is -1.47. The number of urea groups is 1. The summed E-state index contributed by atoms with van der Waals surface area (Å²) in [6.45, 7) is 1.31. The molecule has 2 aliphatic rings. The van der Waals surface area contributed by atoms with Gasteiger partial charge in [-0.25, -0.2) is 4.79 Å². The molecule has 0 radical (unpaired) electrons. The summed E-state index contributed by atoms with van der Waals surface area (Å²) in [5.74, 6) is -1.91. The molecule has 0 bridgehead atoms. The molecular formula is C13H19N3O5. The van der Waals surface area contributed by atoms with Gasteiger partial charge in [-0.05, 0) is 19.8 Å². The average molecular weight is 297 g/mol. The van der Waals surface area contributed by atoms with Crippen molar-refractivity contribution in [2.45, 2.75) is 50.6 Å². The van der Waals surface area contributed by atoms with Crippen LogP contribution in [0.3, 0.4) is 0 Å². The molecule has 1 saturated carbocycles. The van der Waals surface area contributed by atoms with E-state index in [2.05, 4.69) is 10.6 Å². The number of hydrogen-bond donors (Lipinski definition) is 3. The van der Waals surface area contributed by atoms with Crippen LogP contribution in [-0.4, -0.2) is 51.9 Å². The van der Waals surface area contributed by atoms with Crippen molar-refractivity contribution in [2.24, 2.45) is 0 Å². The van der Waals surface area contributed by atoms with E-state index in [9.17, 15) is 19.2 Å². The quantitative estimate of drug-likeness (QED) is 0.609. The molecule has 0 unspecified atom stereocenters. The Kier molecular flexibility index (Phi) is 4.15. The normalized spacial score (nSPS) is 21.5. The van der Waals surface area contributed by atoms with Crippen molar-refractivity contribution in [2.75, 3.05) is 6.54 Å². The van der Waals surface area contributed by atoms with Crippen LogP contribution in [0.25, 0.3) is 0 Å². The number of carboxylic acid groups (broad SMARTS) is 1. The maximum atomic E-state index is 12.3. The lowest BCUT2D eigenvalue weighted by atomic mass is 9.98. The van der Waals surface area contributed by atoms with Crippen LogP contribution in [0.2, 0.25) is 0 Å². The molecule has 1 atom stereocenters. The minimum absolute atomic E-state index is 0.0371. The second-order valence-electron chi connectivity index (χ2n) is 5.55. The SMILES string of the molecule is C[C@H](NC(=O)CCN1C(=O)NC2(CCCC2)C1=O)C(=O)O. The molecule has 1 saturated heterocycles. The first-order valence-corrected chi connectivity index (χ1v) is 7.02. The number of nitrogens with zero attached hydrogens (tertiary/aromatic N) is 1. The van der Waals surface area contributed by atoms with Crippen molar-refractivity contribution in [3.63, 3.8) is 0 Å². The Morgan fingerprint density at radius 3 is 2.57 bits per heavy atom. The van der Waals surface area contributed by atoms with Gasteiger partial charge in [-0.1, -0.05) is 12.8 Å². The van der Waals surface area contributed by atoms with Crippen LogP contribution in [0, 0.1) is 0 Å². The Balaban J connectivity index is 1.88. The average Bonchev–Trinajstić information content (AvgIpc) is 2.95. The van der Waals surface area contributed by atoms with E-state index in [-0.39, 0.29) is 18.9 Å². The first-order valence-electron chi connectivity index (χ1n) is 7.02. The molecule has 8 nitrogen and oxygen atoms in total. The fourth-order valence-electron chi connectivity index (χ4n) is 2.79. The molecule has 0 aromatic rings. The maximum absolute atomic E-state index is 12.3. The van der Waals surface area contributed by atoms with Gasteiger partial charge in [0, 0.05) is 13.0 Å². The molecule has 116 valence electrons. The zero-order valence-corrected chi connectivity index (χ0v) is 11.8. The van der Waals surface area contributed by atoms with Gasteiger partial charge in [0.1, 0.15) is 11.6 Å². The fraction of sp³-hybridized carbons (Fsp3) is 0.692. The van der Waals surface area contributed by atoms with E-state index in [0.29, 0.717) is 12.8 Å². The number of carboxylic acids is 1. The molecular weight excluding hydrogens is 278 g/mol. The van der Waals surface area contributed by atoms with Crippen LogP contribution in [0.4, 0.5) is 4.79 Å². The molecule has 8 heteroatoms. The summed E-state index contributed by atoms with van der Waals surface area (Å²) in [5, 5.41) is 13.7. The van der Waals surface area contributed by atoms with E-state index < -0.39 is 29.5 Å². The highest BCUT2D eigenvalue weighted by molar-refractivity contribution is 6.07. The molecule has 1 heterocycles. The highest BCUT2D eigenvalue weighted by Gasteiger charge is 2.52. The molecule has 0 aromatic carbocycles. The predicted octanol–water partition coefficient (Wildman–Crippen LogP) is -0.170. The van der Waals surface area contributed by atoms with Gasteiger partial charge < -0.3 is 15.7 Å². The van der Waals surface area contributed by atoms with E-state index in [1.807, 2.05) is 0 Å². The minimum Gasteiger partial charge on any atom is -0.480 e. The van der Waals surface area contributed by atoms with Crippen molar-refractivity contribution in [3.05, 3.63) is 0 Å². The second-order valence-corrected chi connectivity index (χ2v) is 5.55. The van der Waals surface area contributed by atoms with E-state index in [4.69, 9.17) is 5.11 Å². The van der Waals surface area contributed by atoms with Crippen molar-refractivity contribution >= 4 is 23.8 Å². The zero-order chi connectivity index (χ0) is 15.6. The number of nitrogens with one attached hydrogen (secondary N) is 2. The summed E-state index contributed by atoms with van der Waals surface area (Å²) < 4.78 is 0. The lowest BCUT2D eigenvalue weighted by Crippen LogP contribution is -2.44. The maximum Gasteiger partial charge on any atom is 0.325 e. The molecule has 1 aliphatic carbocycles. The van der Waals surface area contributed by atoms with E-state index in [1.165, 1.54) is 6.92 Å². The number of rotatable bonds is 5. The lowest BCUT2D eigenvalue weighted by molar-refractivity contribution is -0.141. The Morgan fingerprint density at radius 1 is 1.38 bits per heavy atom. The second kappa shape index (κ2) is 5.71. The Labute approximate surface area is 121 Å². The smallest absolute Gasteiger partial charge is 0.325 e. The van der Waals surface area contributed by atoms with Crippen LogP contribution in [0.15, 0.2) is 0 Å². The van der Waals surface area contributed by atoms with Gasteiger partial charge in [-0.2, -0.15) is 0 Å². The fourth-order valence-corrected chi connectivity index (χ4v) is 2.79. The van der Waals surface area contributed by atoms with Crippen LogP contribution in [-0.2, 0) is 14.4 Å². The summed E-state index contributed by atoms with van der Waals surface area (Å²) in [4.78, 5) is 47.4. The largest absolute Gasteiger partial charge is 0.480 e. The third-order valence-corrected chi connectivity index (χ3v) is 4.01. The van der Waals surface area contributed by atoms with Gasteiger partial charge >= 0.3 is 12.0 Å². The van der Waals surface area contributed by atoms with Gasteiger partial charge in [-0.15, -0.1) is 0 Å². The third-order valence-electron chi connectivity index (χ3n) is 4.01. The summed E-state index contributed by atoms with van der Waals surface area (Å²) in [6.07, 6.45) is 2.96. The number of aliphatic carboxylic acids is 1. The first-order chi connectivity index (χ1) is 9.85. The Morgan fingerprint density at radius 2 is 2.00 bits per heavy atom. The monoisotopic (exact) mass is 297 g/mol. The lowest BCUT2D eigenvalue weighted by Gasteiger charge is -2.20. The van der Waals surface area contributed by atoms with Crippen molar-refractivity contribution in [1.29, 1.82) is 0 Å². The number of hydrogen-bond acceptors (Lipinski definition) is 4. The van der Waals surface area contributed by atoms with Crippen LogP contribution < -0.4 is 10.6 Å². The molecule has 2 fully saturated rings. The molecule has 1 spiro atoms. The number of carbonyl (C=O) groups is 4. The van der Waals surface area contributed by atoms with Gasteiger partial charge in [0.05, 0.1) is 0 Å². The van der Waals surface area contributed by atoms with Gasteiger partial charge in [0.15, 0.2) is 0 Å². The highest BCUT2D eigenvalue weighted by Crippen LogP contribution is 2.34. The van der Waals surface area contributed by atoms with Crippen molar-refractivity contribution in [3.8, 4) is 0 Å². The van der Waals surface area contributed by atoms with Crippen LogP contribution >= 0.6 is 0 Å². The van der Waals surface area contributed by atoms with Crippen LogP contribution in [0.1, 0.15) is 39.0 Å². The molecule has 2 rings (SSSR count). The first kappa shape index (κ1) is 15.3. The molecule has 4 amide bonds. The summed E-state index contributed by atoms with van der Waals surface area (Å²) in [7, 11) is 0. The summed E-state index contributed by atoms with van der Waals surface area (Å²) in [5.41, 5.74) is -0.776. The van der Waals surface area contributed by atoms with Gasteiger partial charge in [-0.3, -0.25) is 19.3 Å². The summed E-state index contributed by atoms with van der Waals surface area (Å²) >= 11 is 0. The number of amides is 4. The van der Waals surface area contributed by atoms with Crippen molar-refractivity contribution < 1.29 is 24.3 Å². The Hall–Kier alpha value is -2.12. The van der Waals surface area contributed by atoms with E-state index >= 15 is 0 Å². The standard InChI is InChI=1S/C13H19N3O5/c1-8(10(18)19)14-9(17)4-7-16-11(20)13(15-12(16)21)5-2-3-6-13/h8H,2-7H2,1H3,(H,14,17)(H,15,21)(H,18,19)/t8-/m0/s1. The van der Waals surface area contributed by atoms with E-state index in [1.54, 1.807) is 0 Å². The highest BCUT2D eigenvalue weighted by atomic mass is 16.4. The Bertz CT molecular complexity index is 484. The molecule has 21 heavy (non-hydrogen) atoms. The van der Waals surface area contributed by atoms with Gasteiger partial charge in [0.25, 0.3) is 5.91 Å². The molecule has 1 aliphatic heterocycles. The number of imide groups is 1. The minimum atomic E-state index is -1.14. The number of carbonyl (C=O) groups excluding carboxylic acids is 3. The molecule has 0 aromatic heterocycles. The van der Waals surface area contributed by atoms with Gasteiger partial charge in [0.2, 0.25) is 5.91 Å².